The Kier molecular flexibility index (Phi) is 4.34. The molecule has 0 N–H and O–H groups in total. The summed E-state index contributed by atoms with van der Waals surface area (Å²) in [4.78, 5) is 14.6. The van der Waals surface area contributed by atoms with Gasteiger partial charge in [0, 0.05) is 18.7 Å². The highest BCUT2D eigenvalue weighted by Gasteiger charge is 2.28. The molecule has 108 valence electrons. The molecule has 2 aromatic carbocycles. The van der Waals surface area contributed by atoms with E-state index in [1.807, 2.05) is 24.3 Å². The molecule has 0 radical (unpaired) electrons. The predicted molar refractivity (Wildman–Crippen MR) is 86.3 cm³/mol. The summed E-state index contributed by atoms with van der Waals surface area (Å²) in [5.41, 5.74) is 2.39. The zero-order valence-corrected chi connectivity index (χ0v) is 12.2. The lowest BCUT2D eigenvalue weighted by Gasteiger charge is -2.35. The number of hydrogen-bond acceptors (Lipinski definition) is 2. The Morgan fingerprint density at radius 1 is 0.905 bits per heavy atom. The lowest BCUT2D eigenvalue weighted by Crippen LogP contribution is -2.42. The fourth-order valence-electron chi connectivity index (χ4n) is 3.08. The molecule has 2 aromatic rings. The van der Waals surface area contributed by atoms with Crippen molar-refractivity contribution in [3.05, 3.63) is 66.2 Å². The van der Waals surface area contributed by atoms with E-state index >= 15 is 0 Å². The van der Waals surface area contributed by atoms with Gasteiger partial charge in [0.1, 0.15) is 0 Å². The minimum Gasteiger partial charge on any atom is -0.357 e. The Morgan fingerprint density at radius 3 is 2.24 bits per heavy atom. The van der Waals surface area contributed by atoms with Crippen molar-refractivity contribution in [1.82, 2.24) is 0 Å². The molecule has 0 aromatic heterocycles. The largest absolute Gasteiger partial charge is 0.357 e. The summed E-state index contributed by atoms with van der Waals surface area (Å²) >= 11 is 0. The van der Waals surface area contributed by atoms with Crippen molar-refractivity contribution in [3.8, 4) is 0 Å². The standard InChI is InChI=1S/C19H21NO/c21-19-14-8-7-13-18(19)20(17-11-5-2-6-12-17)15-16-9-3-1-4-10-16/h1-6,9-12,18H,7-8,13-15H2. The van der Waals surface area contributed by atoms with Crippen LogP contribution < -0.4 is 4.90 Å². The van der Waals surface area contributed by atoms with Crippen LogP contribution in [0.15, 0.2) is 60.7 Å². The van der Waals surface area contributed by atoms with Gasteiger partial charge in [-0.1, -0.05) is 55.0 Å². The molecular formula is C19H21NO. The smallest absolute Gasteiger partial charge is 0.155 e. The molecule has 1 atom stereocenters. The van der Waals surface area contributed by atoms with Crippen LogP contribution in [0.4, 0.5) is 5.69 Å². The van der Waals surface area contributed by atoms with Gasteiger partial charge in [0.25, 0.3) is 0 Å². The van der Waals surface area contributed by atoms with E-state index in [4.69, 9.17) is 0 Å². The SMILES string of the molecule is O=C1CCCCC1N(Cc1ccccc1)c1ccccc1. The third-order valence-corrected chi connectivity index (χ3v) is 4.18. The van der Waals surface area contributed by atoms with Gasteiger partial charge in [0.2, 0.25) is 0 Å². The van der Waals surface area contributed by atoms with Crippen LogP contribution in [0.1, 0.15) is 31.2 Å². The van der Waals surface area contributed by atoms with Gasteiger partial charge in [-0.2, -0.15) is 0 Å². The van der Waals surface area contributed by atoms with Crippen LogP contribution in [0.2, 0.25) is 0 Å². The molecule has 1 aliphatic rings. The topological polar surface area (TPSA) is 20.3 Å². The number of rotatable bonds is 4. The summed E-state index contributed by atoms with van der Waals surface area (Å²) in [7, 11) is 0. The summed E-state index contributed by atoms with van der Waals surface area (Å²) < 4.78 is 0. The summed E-state index contributed by atoms with van der Waals surface area (Å²) in [6.07, 6.45) is 3.89. The first-order valence-corrected chi connectivity index (χ1v) is 7.73. The maximum Gasteiger partial charge on any atom is 0.155 e. The molecule has 0 heterocycles. The Bertz CT molecular complexity index is 579. The van der Waals surface area contributed by atoms with Crippen molar-refractivity contribution in [2.75, 3.05) is 4.90 Å². The number of anilines is 1. The zero-order chi connectivity index (χ0) is 14.5. The zero-order valence-electron chi connectivity index (χ0n) is 12.2. The second-order valence-electron chi connectivity index (χ2n) is 5.68. The van der Waals surface area contributed by atoms with E-state index < -0.39 is 0 Å². The number of nitrogens with zero attached hydrogens (tertiary/aromatic N) is 1. The summed E-state index contributed by atoms with van der Waals surface area (Å²) in [6, 6.07) is 20.7. The molecule has 3 rings (SSSR count). The molecule has 0 bridgehead atoms. The van der Waals surface area contributed by atoms with E-state index in [0.717, 1.165) is 37.9 Å². The highest BCUT2D eigenvalue weighted by Crippen LogP contribution is 2.27. The van der Waals surface area contributed by atoms with Gasteiger partial charge < -0.3 is 4.90 Å². The van der Waals surface area contributed by atoms with Gasteiger partial charge in [-0.15, -0.1) is 0 Å². The molecule has 21 heavy (non-hydrogen) atoms. The highest BCUT2D eigenvalue weighted by molar-refractivity contribution is 5.87. The normalized spacial score (nSPS) is 18.5. The number of ketones is 1. The van der Waals surface area contributed by atoms with E-state index in [1.54, 1.807) is 0 Å². The van der Waals surface area contributed by atoms with Crippen molar-refractivity contribution in [2.24, 2.45) is 0 Å². The van der Waals surface area contributed by atoms with Gasteiger partial charge in [0.05, 0.1) is 6.04 Å². The van der Waals surface area contributed by atoms with Crippen LogP contribution in [0.5, 0.6) is 0 Å². The molecule has 2 heteroatoms. The third-order valence-electron chi connectivity index (χ3n) is 4.18. The lowest BCUT2D eigenvalue weighted by molar-refractivity contribution is -0.121. The number of Topliss-reactive ketones (excluding diaryl/α,β-unsaturated/α-hetero) is 1. The average Bonchev–Trinajstić information content (AvgIpc) is 2.55. The van der Waals surface area contributed by atoms with Crippen LogP contribution in [0.25, 0.3) is 0 Å². The summed E-state index contributed by atoms with van der Waals surface area (Å²) in [6.45, 7) is 0.793. The maximum absolute atomic E-state index is 12.4. The fourth-order valence-corrected chi connectivity index (χ4v) is 3.08. The van der Waals surface area contributed by atoms with E-state index in [-0.39, 0.29) is 6.04 Å². The van der Waals surface area contributed by atoms with Gasteiger partial charge in [-0.25, -0.2) is 0 Å². The first-order chi connectivity index (χ1) is 10.3. The van der Waals surface area contributed by atoms with Crippen LogP contribution in [0, 0.1) is 0 Å². The second kappa shape index (κ2) is 6.57. The van der Waals surface area contributed by atoms with E-state index in [0.29, 0.717) is 5.78 Å². The molecule has 0 aliphatic heterocycles. The molecular weight excluding hydrogens is 258 g/mol. The quantitative estimate of drug-likeness (QED) is 0.835. The number of carbonyl (C=O) groups excluding carboxylic acids is 1. The second-order valence-corrected chi connectivity index (χ2v) is 5.68. The van der Waals surface area contributed by atoms with Crippen molar-refractivity contribution in [3.63, 3.8) is 0 Å². The Balaban J connectivity index is 1.89. The molecule has 0 saturated heterocycles. The van der Waals surface area contributed by atoms with Crippen LogP contribution in [-0.2, 0) is 11.3 Å². The molecule has 1 saturated carbocycles. The molecule has 2 nitrogen and oxygen atoms in total. The van der Waals surface area contributed by atoms with Gasteiger partial charge in [-0.05, 0) is 30.5 Å². The van der Waals surface area contributed by atoms with Crippen LogP contribution in [0.3, 0.4) is 0 Å². The highest BCUT2D eigenvalue weighted by atomic mass is 16.1. The first-order valence-electron chi connectivity index (χ1n) is 7.73. The van der Waals surface area contributed by atoms with Gasteiger partial charge in [-0.3, -0.25) is 4.79 Å². The number of para-hydroxylation sites is 1. The van der Waals surface area contributed by atoms with Gasteiger partial charge in [0.15, 0.2) is 5.78 Å². The number of benzene rings is 2. The number of carbonyl (C=O) groups is 1. The van der Waals surface area contributed by atoms with Crippen LogP contribution in [-0.4, -0.2) is 11.8 Å². The van der Waals surface area contributed by atoms with E-state index in [9.17, 15) is 4.79 Å². The van der Waals surface area contributed by atoms with Gasteiger partial charge >= 0.3 is 0 Å². The summed E-state index contributed by atoms with van der Waals surface area (Å²) in [5, 5.41) is 0. The van der Waals surface area contributed by atoms with E-state index in [2.05, 4.69) is 41.3 Å². The summed E-state index contributed by atoms with van der Waals surface area (Å²) in [5.74, 6) is 0.390. The Morgan fingerprint density at radius 2 is 1.57 bits per heavy atom. The number of hydrogen-bond donors (Lipinski definition) is 0. The lowest BCUT2D eigenvalue weighted by atomic mass is 9.92. The molecule has 0 spiro atoms. The molecule has 1 unspecified atom stereocenters. The Labute approximate surface area is 126 Å². The fraction of sp³-hybridized carbons (Fsp3) is 0.316. The van der Waals surface area contributed by atoms with Crippen molar-refractivity contribution in [2.45, 2.75) is 38.3 Å². The van der Waals surface area contributed by atoms with Crippen LogP contribution >= 0.6 is 0 Å². The van der Waals surface area contributed by atoms with E-state index in [1.165, 1.54) is 5.56 Å². The van der Waals surface area contributed by atoms with Crippen molar-refractivity contribution in [1.29, 1.82) is 0 Å². The molecule has 1 aliphatic carbocycles. The first kappa shape index (κ1) is 13.9. The monoisotopic (exact) mass is 279 g/mol. The molecule has 1 fully saturated rings. The van der Waals surface area contributed by atoms with Crippen molar-refractivity contribution < 1.29 is 4.79 Å². The minimum absolute atomic E-state index is 0.0290. The predicted octanol–water partition coefficient (Wildman–Crippen LogP) is 4.20. The maximum atomic E-state index is 12.4. The average molecular weight is 279 g/mol. The third kappa shape index (κ3) is 3.33. The Hall–Kier alpha value is -2.09. The minimum atomic E-state index is 0.0290. The van der Waals surface area contributed by atoms with Crippen molar-refractivity contribution >= 4 is 11.5 Å². The molecule has 0 amide bonds.